The maximum Gasteiger partial charge on any atom is 0.413 e. The average Bonchev–Trinajstić information content (AvgIpc) is 2.61. The molecule has 0 spiro atoms. The Balaban J connectivity index is 2.48. The molecule has 8 heteroatoms. The Morgan fingerprint density at radius 2 is 2.25 bits per heavy atom. The smallest absolute Gasteiger partial charge is 0.413 e. The lowest BCUT2D eigenvalue weighted by Gasteiger charge is -2.02. The fourth-order valence-electron chi connectivity index (χ4n) is 1.20. The number of fused-ring (bicyclic) bond motifs is 1. The Hall–Kier alpha value is -2.38. The van der Waals surface area contributed by atoms with Crippen LogP contribution in [0, 0.1) is 6.92 Å². The zero-order valence-electron chi connectivity index (χ0n) is 8.61. The molecule has 0 bridgehead atoms. The summed E-state index contributed by atoms with van der Waals surface area (Å²) in [6.07, 6.45) is -0.708. The van der Waals surface area contributed by atoms with E-state index in [0.717, 1.165) is 0 Å². The van der Waals surface area contributed by atoms with Crippen LogP contribution in [0.4, 0.5) is 10.7 Å². The molecule has 16 heavy (non-hydrogen) atoms. The van der Waals surface area contributed by atoms with Gasteiger partial charge in [-0.2, -0.15) is 10.1 Å². The SMILES string of the molecule is COC(=O)Nc1nc(O)c2[nH]nc(C)c2n1. The molecule has 0 atom stereocenters. The van der Waals surface area contributed by atoms with E-state index in [1.807, 2.05) is 0 Å². The van der Waals surface area contributed by atoms with Crippen LogP contribution in [-0.4, -0.2) is 38.5 Å². The zero-order chi connectivity index (χ0) is 11.7. The van der Waals surface area contributed by atoms with Crippen LogP contribution < -0.4 is 5.32 Å². The third-order valence-corrected chi connectivity index (χ3v) is 1.97. The minimum Gasteiger partial charge on any atom is -0.492 e. The molecular weight excluding hydrogens is 214 g/mol. The van der Waals surface area contributed by atoms with Crippen LogP contribution in [0.25, 0.3) is 11.0 Å². The maximum atomic E-state index is 10.9. The van der Waals surface area contributed by atoms with Crippen molar-refractivity contribution < 1.29 is 14.6 Å². The number of ether oxygens (including phenoxy) is 1. The largest absolute Gasteiger partial charge is 0.492 e. The van der Waals surface area contributed by atoms with Crippen LogP contribution >= 0.6 is 0 Å². The normalized spacial score (nSPS) is 10.4. The van der Waals surface area contributed by atoms with Crippen molar-refractivity contribution in [2.45, 2.75) is 6.92 Å². The number of aromatic amines is 1. The number of aryl methyl sites for hydroxylation is 1. The predicted octanol–water partition coefficient (Wildman–Crippen LogP) is 0.545. The summed E-state index contributed by atoms with van der Waals surface area (Å²) < 4.78 is 4.38. The van der Waals surface area contributed by atoms with Crippen molar-refractivity contribution >= 4 is 23.1 Å². The second-order valence-corrected chi connectivity index (χ2v) is 3.02. The van der Waals surface area contributed by atoms with E-state index >= 15 is 0 Å². The molecule has 0 aliphatic heterocycles. The van der Waals surface area contributed by atoms with Crippen LogP contribution in [0.2, 0.25) is 0 Å². The number of methoxy groups -OCH3 is 1. The van der Waals surface area contributed by atoms with Crippen LogP contribution in [0.3, 0.4) is 0 Å². The van der Waals surface area contributed by atoms with Gasteiger partial charge in [0.2, 0.25) is 11.8 Å². The Morgan fingerprint density at radius 1 is 1.50 bits per heavy atom. The number of anilines is 1. The topological polar surface area (TPSA) is 113 Å². The van der Waals surface area contributed by atoms with Crippen LogP contribution in [-0.2, 0) is 4.74 Å². The first-order valence-electron chi connectivity index (χ1n) is 4.38. The highest BCUT2D eigenvalue weighted by atomic mass is 16.5. The third kappa shape index (κ3) is 1.60. The van der Waals surface area contributed by atoms with Crippen LogP contribution in [0.1, 0.15) is 5.69 Å². The van der Waals surface area contributed by atoms with Crippen molar-refractivity contribution in [1.82, 2.24) is 20.2 Å². The van der Waals surface area contributed by atoms with Crippen molar-refractivity contribution in [2.75, 3.05) is 12.4 Å². The molecule has 1 amide bonds. The highest BCUT2D eigenvalue weighted by Gasteiger charge is 2.12. The van der Waals surface area contributed by atoms with Crippen molar-refractivity contribution in [3.8, 4) is 5.88 Å². The third-order valence-electron chi connectivity index (χ3n) is 1.97. The van der Waals surface area contributed by atoms with E-state index in [1.54, 1.807) is 6.92 Å². The number of amides is 1. The number of carbonyl (C=O) groups is 1. The van der Waals surface area contributed by atoms with E-state index < -0.39 is 6.09 Å². The Bertz CT molecular complexity index is 550. The van der Waals surface area contributed by atoms with Gasteiger partial charge in [0.25, 0.3) is 0 Å². The van der Waals surface area contributed by atoms with Gasteiger partial charge in [-0.3, -0.25) is 10.4 Å². The number of H-pyrrole nitrogens is 1. The van der Waals surface area contributed by atoms with Gasteiger partial charge in [0.1, 0.15) is 11.0 Å². The van der Waals surface area contributed by atoms with Crippen LogP contribution in [0.5, 0.6) is 5.88 Å². The van der Waals surface area contributed by atoms with E-state index in [4.69, 9.17) is 0 Å². The fraction of sp³-hybridized carbons (Fsp3) is 0.250. The summed E-state index contributed by atoms with van der Waals surface area (Å²) >= 11 is 0. The molecule has 84 valence electrons. The predicted molar refractivity (Wildman–Crippen MR) is 54.1 cm³/mol. The number of aromatic nitrogens is 4. The number of hydrogen-bond acceptors (Lipinski definition) is 6. The average molecular weight is 223 g/mol. The van der Waals surface area contributed by atoms with E-state index in [0.29, 0.717) is 16.7 Å². The van der Waals surface area contributed by atoms with Crippen molar-refractivity contribution in [3.63, 3.8) is 0 Å². The molecule has 2 rings (SSSR count). The number of rotatable bonds is 1. The van der Waals surface area contributed by atoms with Gasteiger partial charge in [0, 0.05) is 0 Å². The molecule has 0 unspecified atom stereocenters. The maximum absolute atomic E-state index is 10.9. The van der Waals surface area contributed by atoms with Crippen LogP contribution in [0.15, 0.2) is 0 Å². The lowest BCUT2D eigenvalue weighted by Crippen LogP contribution is -2.13. The summed E-state index contributed by atoms with van der Waals surface area (Å²) in [6.45, 7) is 1.72. The zero-order valence-corrected chi connectivity index (χ0v) is 8.61. The van der Waals surface area contributed by atoms with Gasteiger partial charge in [-0.1, -0.05) is 0 Å². The lowest BCUT2D eigenvalue weighted by molar-refractivity contribution is 0.186. The van der Waals surface area contributed by atoms with Crippen molar-refractivity contribution in [1.29, 1.82) is 0 Å². The highest BCUT2D eigenvalue weighted by Crippen LogP contribution is 2.22. The molecule has 0 fully saturated rings. The van der Waals surface area contributed by atoms with E-state index in [1.165, 1.54) is 7.11 Å². The van der Waals surface area contributed by atoms with E-state index in [9.17, 15) is 9.90 Å². The van der Waals surface area contributed by atoms with E-state index in [-0.39, 0.29) is 11.8 Å². The first kappa shape index (κ1) is 10.1. The number of hydrogen-bond donors (Lipinski definition) is 3. The molecule has 3 N–H and O–H groups in total. The van der Waals surface area contributed by atoms with Gasteiger partial charge in [-0.15, -0.1) is 0 Å². The summed E-state index contributed by atoms with van der Waals surface area (Å²) in [4.78, 5) is 18.6. The molecule has 0 saturated carbocycles. The number of carbonyl (C=O) groups excluding carboxylic acids is 1. The second kappa shape index (κ2) is 3.65. The molecule has 8 nitrogen and oxygen atoms in total. The molecule has 0 aliphatic rings. The monoisotopic (exact) mass is 223 g/mol. The molecule has 0 aliphatic carbocycles. The number of nitrogens with zero attached hydrogens (tertiary/aromatic N) is 3. The molecule has 2 aromatic heterocycles. The lowest BCUT2D eigenvalue weighted by atomic mass is 10.4. The Labute approximate surface area is 89.7 Å². The van der Waals surface area contributed by atoms with Gasteiger partial charge in [0.15, 0.2) is 0 Å². The second-order valence-electron chi connectivity index (χ2n) is 3.02. The molecule has 0 saturated heterocycles. The number of nitrogens with one attached hydrogen (secondary N) is 2. The first-order valence-corrected chi connectivity index (χ1v) is 4.38. The molecule has 2 heterocycles. The van der Waals surface area contributed by atoms with Gasteiger partial charge < -0.3 is 9.84 Å². The molecule has 0 aromatic carbocycles. The minimum atomic E-state index is -0.708. The first-order chi connectivity index (χ1) is 7.61. The Kier molecular flexibility index (Phi) is 2.31. The van der Waals surface area contributed by atoms with Gasteiger partial charge in [-0.05, 0) is 6.92 Å². The standard InChI is InChI=1S/C8H9N5O3/c1-3-4-5(13-12-3)6(14)10-7(9-4)11-8(15)16-2/h1-2H3,(H,12,13)(H2,9,10,11,14,15). The van der Waals surface area contributed by atoms with Crippen molar-refractivity contribution in [2.24, 2.45) is 0 Å². The summed E-state index contributed by atoms with van der Waals surface area (Å²) in [7, 11) is 1.22. The summed E-state index contributed by atoms with van der Waals surface area (Å²) in [5, 5.41) is 18.2. The summed E-state index contributed by atoms with van der Waals surface area (Å²) in [5.41, 5.74) is 1.37. The number of aromatic hydroxyl groups is 1. The minimum absolute atomic E-state index is 0.0404. The molecular formula is C8H9N5O3. The van der Waals surface area contributed by atoms with Gasteiger partial charge in [0.05, 0.1) is 12.8 Å². The molecule has 0 radical (unpaired) electrons. The summed E-state index contributed by atoms with van der Waals surface area (Å²) in [6, 6.07) is 0. The van der Waals surface area contributed by atoms with E-state index in [2.05, 4.69) is 30.2 Å². The van der Waals surface area contributed by atoms with Crippen molar-refractivity contribution in [3.05, 3.63) is 5.69 Å². The Morgan fingerprint density at radius 3 is 2.94 bits per heavy atom. The van der Waals surface area contributed by atoms with Gasteiger partial charge in [-0.25, -0.2) is 9.78 Å². The highest BCUT2D eigenvalue weighted by molar-refractivity contribution is 5.86. The molecule has 2 aromatic rings. The van der Waals surface area contributed by atoms with Gasteiger partial charge >= 0.3 is 6.09 Å². The fourth-order valence-corrected chi connectivity index (χ4v) is 1.20. The quantitative estimate of drug-likeness (QED) is 0.650. The summed E-state index contributed by atoms with van der Waals surface area (Å²) in [5.74, 6) is -0.321.